The molecule has 2 aromatic rings. The molecule has 0 fully saturated rings. The summed E-state index contributed by atoms with van der Waals surface area (Å²) in [6.07, 6.45) is 2.36. The molecular formula is C9H11N3O2. The van der Waals surface area contributed by atoms with Gasteiger partial charge in [0, 0.05) is 11.9 Å². The van der Waals surface area contributed by atoms with Gasteiger partial charge in [0.25, 0.3) is 0 Å². The summed E-state index contributed by atoms with van der Waals surface area (Å²) in [4.78, 5) is 18.2. The fraction of sp³-hybridized carbons (Fsp3) is 0.333. The number of nitrogens with one attached hydrogen (secondary N) is 1. The first-order valence-electron chi connectivity index (χ1n) is 4.43. The highest BCUT2D eigenvalue weighted by molar-refractivity contribution is 5.88. The standard InChI is InChI=1S/C9H11N3O2/c1-3-6-7(8(13)14)12-4-5(2)10-9(12)11-6/h4H,3H2,1-2H3,(H,10,11)(H,13,14). The molecule has 0 aliphatic carbocycles. The maximum absolute atomic E-state index is 11.0. The van der Waals surface area contributed by atoms with Crippen LogP contribution in [0.25, 0.3) is 5.78 Å². The molecular weight excluding hydrogens is 182 g/mol. The van der Waals surface area contributed by atoms with Crippen LogP contribution < -0.4 is 0 Å². The minimum absolute atomic E-state index is 0.256. The topological polar surface area (TPSA) is 70.4 Å². The molecule has 0 bridgehead atoms. The maximum atomic E-state index is 11.0. The van der Waals surface area contributed by atoms with Gasteiger partial charge in [-0.25, -0.2) is 9.78 Å². The molecule has 5 nitrogen and oxygen atoms in total. The van der Waals surface area contributed by atoms with Gasteiger partial charge in [0.2, 0.25) is 5.78 Å². The number of aromatic amines is 1. The van der Waals surface area contributed by atoms with Crippen molar-refractivity contribution in [3.63, 3.8) is 0 Å². The van der Waals surface area contributed by atoms with Crippen molar-refractivity contribution in [2.75, 3.05) is 0 Å². The van der Waals surface area contributed by atoms with Gasteiger partial charge in [-0.1, -0.05) is 6.92 Å². The lowest BCUT2D eigenvalue weighted by molar-refractivity contribution is 0.0688. The molecule has 0 radical (unpaired) electrons. The largest absolute Gasteiger partial charge is 0.477 e. The Hall–Kier alpha value is -1.78. The van der Waals surface area contributed by atoms with E-state index in [1.807, 2.05) is 13.8 Å². The zero-order chi connectivity index (χ0) is 10.3. The normalized spacial score (nSPS) is 11.0. The number of carboxylic acids is 1. The van der Waals surface area contributed by atoms with Gasteiger partial charge in [0.15, 0.2) is 5.69 Å². The van der Waals surface area contributed by atoms with Gasteiger partial charge in [-0.2, -0.15) is 0 Å². The van der Waals surface area contributed by atoms with E-state index in [1.165, 1.54) is 0 Å². The average Bonchev–Trinajstić information content (AvgIpc) is 2.58. The van der Waals surface area contributed by atoms with Crippen LogP contribution in [0.15, 0.2) is 6.20 Å². The number of aromatic nitrogens is 3. The maximum Gasteiger partial charge on any atom is 0.354 e. The van der Waals surface area contributed by atoms with E-state index in [4.69, 9.17) is 5.11 Å². The summed E-state index contributed by atoms with van der Waals surface area (Å²) < 4.78 is 1.58. The zero-order valence-electron chi connectivity index (χ0n) is 8.03. The third-order valence-corrected chi connectivity index (χ3v) is 2.15. The van der Waals surface area contributed by atoms with Crippen LogP contribution >= 0.6 is 0 Å². The smallest absolute Gasteiger partial charge is 0.354 e. The molecule has 2 aromatic heterocycles. The predicted molar refractivity (Wildman–Crippen MR) is 50.6 cm³/mol. The summed E-state index contributed by atoms with van der Waals surface area (Å²) in [7, 11) is 0. The molecule has 0 amide bonds. The molecule has 2 rings (SSSR count). The van der Waals surface area contributed by atoms with Crippen molar-refractivity contribution in [3.8, 4) is 0 Å². The van der Waals surface area contributed by atoms with Gasteiger partial charge in [-0.15, -0.1) is 0 Å². The van der Waals surface area contributed by atoms with E-state index in [0.717, 1.165) is 5.69 Å². The number of carbonyl (C=O) groups is 1. The number of carboxylic acid groups (broad SMARTS) is 1. The molecule has 14 heavy (non-hydrogen) atoms. The number of fused-ring (bicyclic) bond motifs is 1. The van der Waals surface area contributed by atoms with Crippen LogP contribution in [0.1, 0.15) is 28.8 Å². The summed E-state index contributed by atoms with van der Waals surface area (Å²) in [5, 5.41) is 9.02. The first-order valence-corrected chi connectivity index (χ1v) is 4.43. The van der Waals surface area contributed by atoms with Gasteiger partial charge >= 0.3 is 5.97 Å². The SMILES string of the molecule is CCc1nc2[nH]c(C)cn2c1C(=O)O. The molecule has 2 N–H and O–H groups in total. The molecule has 0 aliphatic heterocycles. The van der Waals surface area contributed by atoms with Crippen LogP contribution in [0.2, 0.25) is 0 Å². The quantitative estimate of drug-likeness (QED) is 0.753. The third-order valence-electron chi connectivity index (χ3n) is 2.15. The van der Waals surface area contributed by atoms with E-state index < -0.39 is 5.97 Å². The molecule has 0 saturated heterocycles. The molecule has 0 spiro atoms. The van der Waals surface area contributed by atoms with Gasteiger partial charge in [-0.3, -0.25) is 4.40 Å². The lowest BCUT2D eigenvalue weighted by Crippen LogP contribution is -2.04. The van der Waals surface area contributed by atoms with Crippen molar-refractivity contribution in [3.05, 3.63) is 23.3 Å². The highest BCUT2D eigenvalue weighted by Gasteiger charge is 2.17. The van der Waals surface area contributed by atoms with Crippen LogP contribution in [-0.4, -0.2) is 25.4 Å². The van der Waals surface area contributed by atoms with Crippen LogP contribution in [0.4, 0.5) is 0 Å². The number of aryl methyl sites for hydroxylation is 2. The highest BCUT2D eigenvalue weighted by atomic mass is 16.4. The number of H-pyrrole nitrogens is 1. The Kier molecular flexibility index (Phi) is 1.80. The van der Waals surface area contributed by atoms with Crippen molar-refractivity contribution < 1.29 is 9.90 Å². The van der Waals surface area contributed by atoms with Crippen molar-refractivity contribution >= 4 is 11.7 Å². The highest BCUT2D eigenvalue weighted by Crippen LogP contribution is 2.13. The molecule has 2 heterocycles. The van der Waals surface area contributed by atoms with E-state index in [1.54, 1.807) is 10.6 Å². The average molecular weight is 193 g/mol. The Labute approximate surface area is 80.4 Å². The van der Waals surface area contributed by atoms with Gasteiger partial charge < -0.3 is 10.1 Å². The summed E-state index contributed by atoms with van der Waals surface area (Å²) in [5.74, 6) is -0.342. The molecule has 0 unspecified atom stereocenters. The Morgan fingerprint density at radius 1 is 1.71 bits per heavy atom. The number of aromatic carboxylic acids is 1. The van der Waals surface area contributed by atoms with Gasteiger partial charge in [0.1, 0.15) is 0 Å². The molecule has 0 aromatic carbocycles. The number of hydrogen-bond donors (Lipinski definition) is 2. The Morgan fingerprint density at radius 3 is 3.00 bits per heavy atom. The fourth-order valence-electron chi connectivity index (χ4n) is 1.57. The van der Waals surface area contributed by atoms with Crippen molar-refractivity contribution in [2.45, 2.75) is 20.3 Å². The minimum atomic E-state index is -0.937. The van der Waals surface area contributed by atoms with E-state index in [9.17, 15) is 4.79 Å². The number of rotatable bonds is 2. The van der Waals surface area contributed by atoms with Crippen molar-refractivity contribution in [1.29, 1.82) is 0 Å². The summed E-state index contributed by atoms with van der Waals surface area (Å²) in [5.41, 5.74) is 1.77. The van der Waals surface area contributed by atoms with E-state index >= 15 is 0 Å². The van der Waals surface area contributed by atoms with Crippen LogP contribution in [0.5, 0.6) is 0 Å². The summed E-state index contributed by atoms with van der Waals surface area (Å²) in [6.45, 7) is 3.76. The molecule has 0 saturated carbocycles. The van der Waals surface area contributed by atoms with Gasteiger partial charge in [-0.05, 0) is 13.3 Å². The van der Waals surface area contributed by atoms with Gasteiger partial charge in [0.05, 0.1) is 5.69 Å². The van der Waals surface area contributed by atoms with E-state index in [0.29, 0.717) is 17.9 Å². The van der Waals surface area contributed by atoms with Crippen molar-refractivity contribution in [2.24, 2.45) is 0 Å². The first kappa shape index (κ1) is 8.80. The zero-order valence-corrected chi connectivity index (χ0v) is 8.03. The number of imidazole rings is 2. The van der Waals surface area contributed by atoms with E-state index in [-0.39, 0.29) is 5.69 Å². The second-order valence-electron chi connectivity index (χ2n) is 3.20. The number of hydrogen-bond acceptors (Lipinski definition) is 2. The fourth-order valence-corrected chi connectivity index (χ4v) is 1.57. The Morgan fingerprint density at radius 2 is 2.43 bits per heavy atom. The number of nitrogens with zero attached hydrogens (tertiary/aromatic N) is 2. The molecule has 0 aliphatic rings. The third kappa shape index (κ3) is 1.09. The van der Waals surface area contributed by atoms with Crippen LogP contribution in [0.3, 0.4) is 0 Å². The molecule has 74 valence electrons. The summed E-state index contributed by atoms with van der Waals surface area (Å²) in [6, 6.07) is 0. The van der Waals surface area contributed by atoms with Crippen LogP contribution in [-0.2, 0) is 6.42 Å². The lowest BCUT2D eigenvalue weighted by atomic mass is 10.2. The molecule has 5 heteroatoms. The predicted octanol–water partition coefficient (Wildman–Crippen LogP) is 1.23. The second-order valence-corrected chi connectivity index (χ2v) is 3.20. The summed E-state index contributed by atoms with van der Waals surface area (Å²) >= 11 is 0. The monoisotopic (exact) mass is 193 g/mol. The van der Waals surface area contributed by atoms with E-state index in [2.05, 4.69) is 9.97 Å². The Bertz CT molecular complexity index is 495. The Balaban J connectivity index is 2.77. The minimum Gasteiger partial charge on any atom is -0.477 e. The molecule has 0 atom stereocenters. The second kappa shape index (κ2) is 2.87. The lowest BCUT2D eigenvalue weighted by Gasteiger charge is -1.93. The van der Waals surface area contributed by atoms with Crippen LogP contribution in [0, 0.1) is 6.92 Å². The van der Waals surface area contributed by atoms with Crippen molar-refractivity contribution in [1.82, 2.24) is 14.4 Å². The first-order chi connectivity index (χ1) is 6.63.